The van der Waals surface area contributed by atoms with E-state index < -0.39 is 0 Å². The predicted octanol–water partition coefficient (Wildman–Crippen LogP) is 4.16. The van der Waals surface area contributed by atoms with Crippen molar-refractivity contribution in [2.75, 3.05) is 28.4 Å². The summed E-state index contributed by atoms with van der Waals surface area (Å²) in [5.41, 5.74) is 3.88. The van der Waals surface area contributed by atoms with Gasteiger partial charge in [0.1, 0.15) is 6.26 Å². The highest BCUT2D eigenvalue weighted by molar-refractivity contribution is 14.0. The number of nitrogens with one attached hydrogen (secondary N) is 2. The summed E-state index contributed by atoms with van der Waals surface area (Å²) in [5, 5.41) is 6.51. The lowest BCUT2D eigenvalue weighted by molar-refractivity contribution is 0.323. The van der Waals surface area contributed by atoms with E-state index in [1.165, 1.54) is 5.56 Å². The minimum absolute atomic E-state index is 0. The van der Waals surface area contributed by atoms with E-state index in [1.54, 1.807) is 34.6 Å². The van der Waals surface area contributed by atoms with E-state index in [0.29, 0.717) is 42.2 Å². The molecule has 2 aromatic carbocycles. The number of hydrogen-bond acceptors (Lipinski definition) is 6. The molecule has 0 unspecified atom stereocenters. The molecule has 32 heavy (non-hydrogen) atoms. The molecule has 0 radical (unpaired) electrons. The fourth-order valence-electron chi connectivity index (χ4n) is 3.04. The second kappa shape index (κ2) is 12.2. The number of aryl methyl sites for hydroxylation is 1. The lowest BCUT2D eigenvalue weighted by atomic mass is 10.1. The zero-order valence-electron chi connectivity index (χ0n) is 18.9. The number of rotatable bonds is 8. The molecule has 0 aliphatic rings. The smallest absolute Gasteiger partial charge is 0.226 e. The molecule has 2 N–H and O–H groups in total. The highest BCUT2D eigenvalue weighted by atomic mass is 127. The maximum absolute atomic E-state index is 5.61. The maximum Gasteiger partial charge on any atom is 0.226 e. The van der Waals surface area contributed by atoms with Gasteiger partial charge < -0.3 is 29.3 Å². The number of aliphatic imine (C=N–C) groups is 1. The molecule has 3 rings (SSSR count). The largest absolute Gasteiger partial charge is 0.493 e. The van der Waals surface area contributed by atoms with Crippen molar-refractivity contribution in [3.8, 4) is 28.7 Å². The molecular weight excluding hydrogens is 523 g/mol. The van der Waals surface area contributed by atoms with Gasteiger partial charge >= 0.3 is 0 Å². The van der Waals surface area contributed by atoms with Crippen LogP contribution in [0.1, 0.15) is 16.8 Å². The van der Waals surface area contributed by atoms with Crippen molar-refractivity contribution < 1.29 is 18.6 Å². The molecule has 1 aromatic heterocycles. The fourth-order valence-corrected chi connectivity index (χ4v) is 3.04. The zero-order valence-corrected chi connectivity index (χ0v) is 21.2. The number of guanidine groups is 1. The van der Waals surface area contributed by atoms with Crippen LogP contribution in [0, 0.1) is 6.92 Å². The van der Waals surface area contributed by atoms with E-state index in [9.17, 15) is 0 Å². The molecule has 0 fully saturated rings. The van der Waals surface area contributed by atoms with Gasteiger partial charge in [-0.1, -0.05) is 17.7 Å². The average Bonchev–Trinajstić information content (AvgIpc) is 3.27. The van der Waals surface area contributed by atoms with Crippen LogP contribution in [0.5, 0.6) is 17.2 Å². The molecule has 3 aromatic rings. The molecular formula is C23H29IN4O4. The Bertz CT molecular complexity index is 1010. The number of benzene rings is 2. The van der Waals surface area contributed by atoms with Crippen LogP contribution < -0.4 is 24.8 Å². The summed E-state index contributed by atoms with van der Waals surface area (Å²) in [5.74, 6) is 3.00. The van der Waals surface area contributed by atoms with Crippen LogP contribution in [0.4, 0.5) is 0 Å². The van der Waals surface area contributed by atoms with Gasteiger partial charge in [0.2, 0.25) is 11.6 Å². The third kappa shape index (κ3) is 6.28. The monoisotopic (exact) mass is 552 g/mol. The molecule has 0 atom stereocenters. The second-order valence-corrected chi connectivity index (χ2v) is 6.82. The fraction of sp³-hybridized carbons (Fsp3) is 0.304. The first kappa shape index (κ1) is 25.3. The van der Waals surface area contributed by atoms with Gasteiger partial charge in [0.25, 0.3) is 0 Å². The third-order valence-corrected chi connectivity index (χ3v) is 4.70. The Hall–Kier alpha value is -2.95. The number of aromatic nitrogens is 1. The normalized spacial score (nSPS) is 10.8. The Kier molecular flexibility index (Phi) is 9.63. The summed E-state index contributed by atoms with van der Waals surface area (Å²) in [7, 11) is 6.48. The Morgan fingerprint density at radius 3 is 2.16 bits per heavy atom. The van der Waals surface area contributed by atoms with Gasteiger partial charge in [-0.2, -0.15) is 0 Å². The second-order valence-electron chi connectivity index (χ2n) is 6.82. The topological polar surface area (TPSA) is 90.1 Å². The molecule has 0 bridgehead atoms. The molecule has 0 saturated carbocycles. The number of nitrogens with zero attached hydrogens (tertiary/aromatic N) is 2. The summed E-state index contributed by atoms with van der Waals surface area (Å²) < 4.78 is 21.8. The quantitative estimate of drug-likeness (QED) is 0.247. The summed E-state index contributed by atoms with van der Waals surface area (Å²) >= 11 is 0. The van der Waals surface area contributed by atoms with Crippen molar-refractivity contribution >= 4 is 29.9 Å². The van der Waals surface area contributed by atoms with Crippen molar-refractivity contribution in [3.05, 3.63) is 59.5 Å². The van der Waals surface area contributed by atoms with Crippen molar-refractivity contribution in [2.24, 2.45) is 4.99 Å². The van der Waals surface area contributed by atoms with Crippen LogP contribution in [0.3, 0.4) is 0 Å². The van der Waals surface area contributed by atoms with E-state index in [4.69, 9.17) is 18.6 Å². The van der Waals surface area contributed by atoms with Crippen molar-refractivity contribution in [3.63, 3.8) is 0 Å². The summed E-state index contributed by atoms with van der Waals surface area (Å²) in [6.45, 7) is 3.04. The van der Waals surface area contributed by atoms with E-state index in [-0.39, 0.29) is 24.0 Å². The highest BCUT2D eigenvalue weighted by Gasteiger charge is 2.13. The van der Waals surface area contributed by atoms with E-state index in [1.807, 2.05) is 43.3 Å². The SMILES string of the molecule is CN=C(NCc1cc(OC)c(OC)c(OC)c1)NCc1coc(-c2ccc(C)cc2)n1.I. The standard InChI is InChI=1S/C23H28N4O4.HI/c1-15-6-8-17(9-7-15)22-27-18(14-31-22)13-26-23(24-2)25-12-16-10-19(28-3)21(30-5)20(11-16)29-4;/h6-11,14H,12-13H2,1-5H3,(H2,24,25,26);1H. The molecule has 0 aliphatic heterocycles. The molecule has 0 spiro atoms. The Morgan fingerprint density at radius 1 is 0.969 bits per heavy atom. The van der Waals surface area contributed by atoms with Crippen molar-refractivity contribution in [1.29, 1.82) is 0 Å². The van der Waals surface area contributed by atoms with Crippen molar-refractivity contribution in [2.45, 2.75) is 20.0 Å². The number of oxazole rings is 1. The summed E-state index contributed by atoms with van der Waals surface area (Å²) in [4.78, 5) is 8.80. The number of halogens is 1. The first-order valence-corrected chi connectivity index (χ1v) is 9.82. The van der Waals surface area contributed by atoms with Crippen LogP contribution >= 0.6 is 24.0 Å². The first-order valence-electron chi connectivity index (χ1n) is 9.82. The average molecular weight is 552 g/mol. The molecule has 8 nitrogen and oxygen atoms in total. The Morgan fingerprint density at radius 2 is 1.59 bits per heavy atom. The van der Waals surface area contributed by atoms with Crippen LogP contribution in [0.2, 0.25) is 0 Å². The third-order valence-electron chi connectivity index (χ3n) is 4.70. The van der Waals surface area contributed by atoms with E-state index in [2.05, 4.69) is 20.6 Å². The summed E-state index contributed by atoms with van der Waals surface area (Å²) in [6, 6.07) is 11.9. The lowest BCUT2D eigenvalue weighted by Gasteiger charge is -2.15. The Balaban J connectivity index is 0.00000363. The minimum atomic E-state index is 0. The van der Waals surface area contributed by atoms with Gasteiger partial charge in [-0.05, 0) is 36.8 Å². The van der Waals surface area contributed by atoms with E-state index >= 15 is 0 Å². The van der Waals surface area contributed by atoms with Gasteiger partial charge in [-0.25, -0.2) is 4.98 Å². The zero-order chi connectivity index (χ0) is 22.2. The van der Waals surface area contributed by atoms with Crippen LogP contribution in [0.25, 0.3) is 11.5 Å². The van der Waals surface area contributed by atoms with Crippen LogP contribution in [0.15, 0.2) is 52.1 Å². The molecule has 172 valence electrons. The molecule has 1 heterocycles. The van der Waals surface area contributed by atoms with Gasteiger partial charge in [0, 0.05) is 19.2 Å². The van der Waals surface area contributed by atoms with Gasteiger partial charge in [0.05, 0.1) is 33.6 Å². The molecule has 9 heteroatoms. The van der Waals surface area contributed by atoms with E-state index in [0.717, 1.165) is 16.8 Å². The summed E-state index contributed by atoms with van der Waals surface area (Å²) in [6.07, 6.45) is 1.65. The van der Waals surface area contributed by atoms with Gasteiger partial charge in [0.15, 0.2) is 17.5 Å². The minimum Gasteiger partial charge on any atom is -0.493 e. The number of ether oxygens (including phenoxy) is 3. The molecule has 0 saturated heterocycles. The van der Waals surface area contributed by atoms with Gasteiger partial charge in [-0.3, -0.25) is 4.99 Å². The lowest BCUT2D eigenvalue weighted by Crippen LogP contribution is -2.36. The highest BCUT2D eigenvalue weighted by Crippen LogP contribution is 2.38. The Labute approximate surface area is 205 Å². The van der Waals surface area contributed by atoms with Crippen molar-refractivity contribution in [1.82, 2.24) is 15.6 Å². The molecule has 0 amide bonds. The number of hydrogen-bond donors (Lipinski definition) is 2. The van der Waals surface area contributed by atoms with Crippen LogP contribution in [-0.2, 0) is 13.1 Å². The number of methoxy groups -OCH3 is 3. The maximum atomic E-state index is 5.61. The van der Waals surface area contributed by atoms with Gasteiger partial charge in [-0.15, -0.1) is 24.0 Å². The first-order chi connectivity index (χ1) is 15.1. The molecule has 0 aliphatic carbocycles. The predicted molar refractivity (Wildman–Crippen MR) is 135 cm³/mol. The van der Waals surface area contributed by atoms with Crippen LogP contribution in [-0.4, -0.2) is 39.3 Å².